The number of rotatable bonds is 5. The Morgan fingerprint density at radius 3 is 2.54 bits per heavy atom. The fraction of sp³-hybridized carbons (Fsp3) is 0.600. The van der Waals surface area contributed by atoms with Gasteiger partial charge in [-0.1, -0.05) is 36.2 Å². The van der Waals surface area contributed by atoms with Gasteiger partial charge in [-0.2, -0.15) is 0 Å². The second kappa shape index (κ2) is 7.82. The van der Waals surface area contributed by atoms with E-state index in [4.69, 9.17) is 0 Å². The van der Waals surface area contributed by atoms with Crippen molar-refractivity contribution in [2.75, 3.05) is 13.1 Å². The summed E-state index contributed by atoms with van der Waals surface area (Å²) in [6.07, 6.45) is 6.41. The van der Waals surface area contributed by atoms with Crippen LogP contribution in [0.15, 0.2) is 24.3 Å². The minimum atomic E-state index is 0.125. The predicted molar refractivity (Wildman–Crippen MR) is 94.6 cm³/mol. The molecular formula is C20H28N2O2. The number of benzene rings is 1. The van der Waals surface area contributed by atoms with Crippen LogP contribution in [-0.2, 0) is 16.0 Å². The van der Waals surface area contributed by atoms with Gasteiger partial charge in [0.25, 0.3) is 0 Å². The maximum Gasteiger partial charge on any atom is 0.225 e. The van der Waals surface area contributed by atoms with Gasteiger partial charge in [0.2, 0.25) is 11.8 Å². The fourth-order valence-electron chi connectivity index (χ4n) is 3.58. The Kier molecular flexibility index (Phi) is 5.54. The van der Waals surface area contributed by atoms with Crippen LogP contribution in [0.2, 0.25) is 0 Å². The van der Waals surface area contributed by atoms with Crippen molar-refractivity contribution in [1.82, 2.24) is 10.2 Å². The first-order chi connectivity index (χ1) is 11.6. The molecule has 2 aliphatic rings. The molecule has 1 aromatic carbocycles. The van der Waals surface area contributed by atoms with Crippen molar-refractivity contribution in [2.45, 2.75) is 57.9 Å². The van der Waals surface area contributed by atoms with E-state index in [0.29, 0.717) is 12.3 Å². The summed E-state index contributed by atoms with van der Waals surface area (Å²) in [5, 5.41) is 3.14. The molecule has 0 spiro atoms. The molecule has 0 aromatic heterocycles. The van der Waals surface area contributed by atoms with Gasteiger partial charge in [0.1, 0.15) is 0 Å². The number of piperidine rings is 1. The van der Waals surface area contributed by atoms with Crippen molar-refractivity contribution in [2.24, 2.45) is 5.92 Å². The first-order valence-electron chi connectivity index (χ1n) is 9.25. The lowest BCUT2D eigenvalue weighted by Crippen LogP contribution is -2.48. The lowest BCUT2D eigenvalue weighted by Gasteiger charge is -2.36. The second-order valence-corrected chi connectivity index (χ2v) is 7.28. The summed E-state index contributed by atoms with van der Waals surface area (Å²) in [7, 11) is 0. The van der Waals surface area contributed by atoms with Crippen LogP contribution in [0.25, 0.3) is 0 Å². The highest BCUT2D eigenvalue weighted by Gasteiger charge is 2.31. The molecule has 130 valence electrons. The quantitative estimate of drug-likeness (QED) is 0.903. The van der Waals surface area contributed by atoms with Crippen molar-refractivity contribution in [3.63, 3.8) is 0 Å². The molecule has 1 saturated heterocycles. The van der Waals surface area contributed by atoms with Crippen LogP contribution in [-0.4, -0.2) is 35.8 Å². The highest BCUT2D eigenvalue weighted by molar-refractivity contribution is 5.80. The molecule has 0 radical (unpaired) electrons. The number of hydrogen-bond donors (Lipinski definition) is 1. The Balaban J connectivity index is 1.37. The Morgan fingerprint density at radius 2 is 1.92 bits per heavy atom. The summed E-state index contributed by atoms with van der Waals surface area (Å²) in [5.41, 5.74) is 2.45. The van der Waals surface area contributed by atoms with Crippen LogP contribution in [0, 0.1) is 12.8 Å². The highest BCUT2D eigenvalue weighted by atomic mass is 16.2. The number of likely N-dealkylation sites (tertiary alicyclic amines) is 1. The van der Waals surface area contributed by atoms with E-state index in [1.807, 2.05) is 11.0 Å². The lowest BCUT2D eigenvalue weighted by atomic mass is 9.84. The van der Waals surface area contributed by atoms with Gasteiger partial charge in [0, 0.05) is 31.5 Å². The molecule has 4 heteroatoms. The zero-order valence-electron chi connectivity index (χ0n) is 14.6. The average Bonchev–Trinajstić information content (AvgIpc) is 2.52. The van der Waals surface area contributed by atoms with Crippen LogP contribution in [0.1, 0.15) is 49.7 Å². The number of carbonyl (C=O) groups excluding carboxylic acids is 2. The molecule has 1 heterocycles. The molecule has 3 rings (SSSR count). The van der Waals surface area contributed by atoms with Crippen LogP contribution in [0.4, 0.5) is 0 Å². The van der Waals surface area contributed by atoms with Gasteiger partial charge in [-0.25, -0.2) is 0 Å². The minimum absolute atomic E-state index is 0.125. The van der Waals surface area contributed by atoms with Crippen molar-refractivity contribution >= 4 is 11.8 Å². The Hall–Kier alpha value is -1.84. The van der Waals surface area contributed by atoms with Crippen molar-refractivity contribution in [3.8, 4) is 0 Å². The zero-order valence-corrected chi connectivity index (χ0v) is 14.6. The predicted octanol–water partition coefficient (Wildman–Crippen LogP) is 2.83. The Bertz CT molecular complexity index is 587. The minimum Gasteiger partial charge on any atom is -0.353 e. The summed E-state index contributed by atoms with van der Waals surface area (Å²) in [6, 6.07) is 8.54. The van der Waals surface area contributed by atoms with Gasteiger partial charge in [-0.3, -0.25) is 9.59 Å². The van der Waals surface area contributed by atoms with Crippen molar-refractivity contribution in [1.29, 1.82) is 0 Å². The van der Waals surface area contributed by atoms with Gasteiger partial charge in [0.15, 0.2) is 0 Å². The second-order valence-electron chi connectivity index (χ2n) is 7.28. The van der Waals surface area contributed by atoms with Crippen LogP contribution < -0.4 is 5.32 Å². The van der Waals surface area contributed by atoms with Crippen LogP contribution in [0.5, 0.6) is 0 Å². The van der Waals surface area contributed by atoms with E-state index in [0.717, 1.165) is 45.2 Å². The molecule has 1 N–H and O–H groups in total. The summed E-state index contributed by atoms with van der Waals surface area (Å²) in [4.78, 5) is 26.4. The highest BCUT2D eigenvalue weighted by Crippen LogP contribution is 2.29. The first kappa shape index (κ1) is 17.0. The molecule has 1 aliphatic carbocycles. The summed E-state index contributed by atoms with van der Waals surface area (Å²) < 4.78 is 0. The molecule has 2 fully saturated rings. The Labute approximate surface area is 144 Å². The number of nitrogens with one attached hydrogen (secondary N) is 1. The van der Waals surface area contributed by atoms with E-state index < -0.39 is 0 Å². The van der Waals surface area contributed by atoms with Gasteiger partial charge in [0.05, 0.1) is 0 Å². The van der Waals surface area contributed by atoms with Gasteiger partial charge < -0.3 is 10.2 Å². The fourth-order valence-corrected chi connectivity index (χ4v) is 3.58. The standard InChI is InChI=1S/C20H28N2O2/c1-15-4-2-5-16(14-15)8-9-19(23)21-18-10-12-22(13-11-18)20(24)17-6-3-7-17/h2,4-5,14,17-18H,3,6-13H2,1H3,(H,21,23). The third-order valence-corrected chi connectivity index (χ3v) is 5.35. The van der Waals surface area contributed by atoms with Crippen molar-refractivity contribution in [3.05, 3.63) is 35.4 Å². The molecule has 0 unspecified atom stereocenters. The Morgan fingerprint density at radius 1 is 1.17 bits per heavy atom. The third kappa shape index (κ3) is 4.37. The number of nitrogens with zero attached hydrogens (tertiary/aromatic N) is 1. The monoisotopic (exact) mass is 328 g/mol. The van der Waals surface area contributed by atoms with Gasteiger partial charge >= 0.3 is 0 Å². The lowest BCUT2D eigenvalue weighted by molar-refractivity contribution is -0.139. The molecule has 1 aromatic rings. The summed E-state index contributed by atoms with van der Waals surface area (Å²) in [6.45, 7) is 3.65. The summed E-state index contributed by atoms with van der Waals surface area (Å²) >= 11 is 0. The number of aryl methyl sites for hydroxylation is 2. The average molecular weight is 328 g/mol. The van der Waals surface area contributed by atoms with E-state index in [1.54, 1.807) is 0 Å². The van der Waals surface area contributed by atoms with Crippen molar-refractivity contribution < 1.29 is 9.59 Å². The van der Waals surface area contributed by atoms with E-state index >= 15 is 0 Å². The molecule has 1 saturated carbocycles. The SMILES string of the molecule is Cc1cccc(CCC(=O)NC2CCN(C(=O)C3CCC3)CC2)c1. The molecule has 24 heavy (non-hydrogen) atoms. The van der Waals surface area contributed by atoms with Crippen LogP contribution >= 0.6 is 0 Å². The molecule has 2 amide bonds. The largest absolute Gasteiger partial charge is 0.353 e. The number of amides is 2. The van der Waals surface area contributed by atoms with Crippen LogP contribution in [0.3, 0.4) is 0 Å². The molecule has 0 atom stereocenters. The number of carbonyl (C=O) groups is 2. The molecular weight excluding hydrogens is 300 g/mol. The van der Waals surface area contributed by atoms with E-state index in [-0.39, 0.29) is 17.9 Å². The topological polar surface area (TPSA) is 49.4 Å². The smallest absolute Gasteiger partial charge is 0.225 e. The van der Waals surface area contributed by atoms with E-state index in [1.165, 1.54) is 17.5 Å². The first-order valence-corrected chi connectivity index (χ1v) is 9.25. The van der Waals surface area contributed by atoms with E-state index in [2.05, 4.69) is 30.4 Å². The maximum atomic E-state index is 12.2. The van der Waals surface area contributed by atoms with Gasteiger partial charge in [-0.15, -0.1) is 0 Å². The van der Waals surface area contributed by atoms with E-state index in [9.17, 15) is 9.59 Å². The van der Waals surface area contributed by atoms with Gasteiger partial charge in [-0.05, 0) is 44.6 Å². The normalized spacial score (nSPS) is 19.0. The zero-order chi connectivity index (χ0) is 16.9. The molecule has 0 bridgehead atoms. The summed E-state index contributed by atoms with van der Waals surface area (Å²) in [5.74, 6) is 0.746. The third-order valence-electron chi connectivity index (χ3n) is 5.35. The maximum absolute atomic E-state index is 12.2. The molecule has 4 nitrogen and oxygen atoms in total. The molecule has 1 aliphatic heterocycles. The number of hydrogen-bond acceptors (Lipinski definition) is 2.